The molecular weight excluding hydrogens is 260 g/mol. The summed E-state index contributed by atoms with van der Waals surface area (Å²) < 4.78 is 0. The second kappa shape index (κ2) is 4.04. The number of hydrogen-bond donors (Lipinski definition) is 1. The lowest BCUT2D eigenvalue weighted by molar-refractivity contribution is 0.276. The maximum Gasteiger partial charge on any atom is 0.0233 e. The molecule has 0 aliphatic carbocycles. The largest absolute Gasteiger partial charge is 0.311 e. The topological polar surface area (TPSA) is 15.3 Å². The first-order chi connectivity index (χ1) is 3.86. The Morgan fingerprint density at radius 2 is 2.10 bits per heavy atom. The summed E-state index contributed by atoms with van der Waals surface area (Å²) in [6.07, 6.45) is 1.39. The average Bonchev–Trinajstić information content (AvgIpc) is 2.23. The Labute approximate surface area is 82.9 Å². The number of nitrogens with one attached hydrogen (secondary N) is 1. The molecule has 2 heterocycles. The lowest BCUT2D eigenvalue weighted by atomic mass is 10.2. The third kappa shape index (κ3) is 1.72. The second-order valence-electron chi connectivity index (χ2n) is 2.93. The quantitative estimate of drug-likeness (QED) is 0.703. The standard InChI is InChI=1S/C6H12N2.2BrH/c1-8-4-5-2-6(8)3-7-5;;/h5-7H,2-4H2,1H3;2*1H/t5-,6-;;/m0../s1. The molecule has 0 aromatic rings. The van der Waals surface area contributed by atoms with Gasteiger partial charge in [0.1, 0.15) is 0 Å². The molecule has 0 aromatic heterocycles. The van der Waals surface area contributed by atoms with Gasteiger partial charge in [-0.1, -0.05) is 0 Å². The van der Waals surface area contributed by atoms with Crippen molar-refractivity contribution >= 4 is 34.0 Å². The van der Waals surface area contributed by atoms with Gasteiger partial charge in [-0.2, -0.15) is 0 Å². The van der Waals surface area contributed by atoms with Gasteiger partial charge in [0.2, 0.25) is 0 Å². The molecule has 0 radical (unpaired) electrons. The fourth-order valence-electron chi connectivity index (χ4n) is 1.77. The first-order valence-corrected chi connectivity index (χ1v) is 3.30. The fraction of sp³-hybridized carbons (Fsp3) is 1.00. The van der Waals surface area contributed by atoms with Gasteiger partial charge in [0.05, 0.1) is 0 Å². The number of nitrogens with zero attached hydrogens (tertiary/aromatic N) is 1. The highest BCUT2D eigenvalue weighted by Gasteiger charge is 2.34. The predicted molar refractivity (Wildman–Crippen MR) is 53.5 cm³/mol. The van der Waals surface area contributed by atoms with E-state index in [1.54, 1.807) is 0 Å². The van der Waals surface area contributed by atoms with Crippen LogP contribution in [0.1, 0.15) is 6.42 Å². The number of halogens is 2. The predicted octanol–water partition coefficient (Wildman–Crippen LogP) is 0.818. The third-order valence-corrected chi connectivity index (χ3v) is 2.33. The molecule has 0 spiro atoms. The summed E-state index contributed by atoms with van der Waals surface area (Å²) >= 11 is 0. The molecule has 2 atom stereocenters. The van der Waals surface area contributed by atoms with E-state index in [4.69, 9.17) is 0 Å². The Bertz CT molecular complexity index is 108. The molecule has 62 valence electrons. The molecule has 0 saturated carbocycles. The third-order valence-electron chi connectivity index (χ3n) is 2.33. The van der Waals surface area contributed by atoms with Gasteiger partial charge in [-0.3, -0.25) is 0 Å². The first kappa shape index (κ1) is 10.9. The fourth-order valence-corrected chi connectivity index (χ4v) is 1.77. The Kier molecular flexibility index (Phi) is 4.40. The average molecular weight is 274 g/mol. The molecule has 2 aliphatic heterocycles. The summed E-state index contributed by atoms with van der Waals surface area (Å²) in [5.41, 5.74) is 0. The van der Waals surface area contributed by atoms with Crippen LogP contribution in [-0.2, 0) is 0 Å². The minimum Gasteiger partial charge on any atom is -0.311 e. The number of likely N-dealkylation sites (N-methyl/N-ethyl adjacent to an activating group) is 1. The molecule has 0 unspecified atom stereocenters. The molecule has 2 bridgehead atoms. The molecule has 10 heavy (non-hydrogen) atoms. The second-order valence-corrected chi connectivity index (χ2v) is 2.93. The van der Waals surface area contributed by atoms with Gasteiger partial charge in [0, 0.05) is 25.2 Å². The van der Waals surface area contributed by atoms with Crippen LogP contribution < -0.4 is 5.32 Å². The van der Waals surface area contributed by atoms with E-state index in [1.165, 1.54) is 19.5 Å². The summed E-state index contributed by atoms with van der Waals surface area (Å²) in [5, 5.41) is 3.44. The van der Waals surface area contributed by atoms with Crippen molar-refractivity contribution in [3.05, 3.63) is 0 Å². The minimum atomic E-state index is 0. The van der Waals surface area contributed by atoms with Crippen molar-refractivity contribution in [2.75, 3.05) is 20.1 Å². The minimum absolute atomic E-state index is 0. The molecule has 4 heteroatoms. The van der Waals surface area contributed by atoms with E-state index in [1.807, 2.05) is 0 Å². The summed E-state index contributed by atoms with van der Waals surface area (Å²) in [5.74, 6) is 0. The number of rotatable bonds is 0. The van der Waals surface area contributed by atoms with Crippen LogP contribution in [0.2, 0.25) is 0 Å². The van der Waals surface area contributed by atoms with Crippen LogP contribution in [0.15, 0.2) is 0 Å². The molecule has 1 N–H and O–H groups in total. The molecule has 2 aliphatic rings. The van der Waals surface area contributed by atoms with Crippen molar-refractivity contribution < 1.29 is 0 Å². The molecule has 2 saturated heterocycles. The molecule has 2 rings (SSSR count). The lowest BCUT2D eigenvalue weighted by Crippen LogP contribution is -2.41. The number of likely N-dealkylation sites (tertiary alicyclic amines) is 1. The van der Waals surface area contributed by atoms with Crippen molar-refractivity contribution in [1.29, 1.82) is 0 Å². The molecular formula is C6H14Br2N2. The van der Waals surface area contributed by atoms with Crippen LogP contribution >= 0.6 is 34.0 Å². The van der Waals surface area contributed by atoms with Gasteiger partial charge in [-0.25, -0.2) is 0 Å². The smallest absolute Gasteiger partial charge is 0.0233 e. The molecule has 0 aromatic carbocycles. The molecule has 0 amide bonds. The summed E-state index contributed by atoms with van der Waals surface area (Å²) in [6.45, 7) is 2.49. The molecule has 2 fully saturated rings. The van der Waals surface area contributed by atoms with Gasteiger partial charge in [-0.05, 0) is 13.5 Å². The van der Waals surface area contributed by atoms with E-state index in [2.05, 4.69) is 17.3 Å². The highest BCUT2D eigenvalue weighted by atomic mass is 79.9. The van der Waals surface area contributed by atoms with Crippen LogP contribution in [-0.4, -0.2) is 37.1 Å². The van der Waals surface area contributed by atoms with Crippen LogP contribution in [0, 0.1) is 0 Å². The van der Waals surface area contributed by atoms with Gasteiger partial charge in [-0.15, -0.1) is 34.0 Å². The number of fused-ring (bicyclic) bond motifs is 2. The van der Waals surface area contributed by atoms with E-state index in [-0.39, 0.29) is 34.0 Å². The van der Waals surface area contributed by atoms with E-state index in [0.717, 1.165) is 12.1 Å². The van der Waals surface area contributed by atoms with E-state index < -0.39 is 0 Å². The highest BCUT2D eigenvalue weighted by molar-refractivity contribution is 8.93. The monoisotopic (exact) mass is 272 g/mol. The maximum absolute atomic E-state index is 3.44. The van der Waals surface area contributed by atoms with Crippen molar-refractivity contribution in [2.24, 2.45) is 0 Å². The highest BCUT2D eigenvalue weighted by Crippen LogP contribution is 2.20. The number of piperazine rings is 1. The normalized spacial score (nSPS) is 36.9. The van der Waals surface area contributed by atoms with Gasteiger partial charge < -0.3 is 10.2 Å². The zero-order valence-electron chi connectivity index (χ0n) is 6.04. The van der Waals surface area contributed by atoms with Crippen LogP contribution in [0.3, 0.4) is 0 Å². The Morgan fingerprint density at radius 3 is 2.30 bits per heavy atom. The van der Waals surface area contributed by atoms with Gasteiger partial charge in [0.15, 0.2) is 0 Å². The van der Waals surface area contributed by atoms with Crippen molar-refractivity contribution in [3.8, 4) is 0 Å². The Hall–Kier alpha value is 0.880. The Balaban J connectivity index is 0.000000405. The van der Waals surface area contributed by atoms with Crippen molar-refractivity contribution in [2.45, 2.75) is 18.5 Å². The van der Waals surface area contributed by atoms with E-state index in [0.29, 0.717) is 0 Å². The Morgan fingerprint density at radius 1 is 1.40 bits per heavy atom. The van der Waals surface area contributed by atoms with Crippen molar-refractivity contribution in [3.63, 3.8) is 0 Å². The van der Waals surface area contributed by atoms with Gasteiger partial charge >= 0.3 is 0 Å². The summed E-state index contributed by atoms with van der Waals surface area (Å²) in [6, 6.07) is 1.69. The van der Waals surface area contributed by atoms with E-state index in [9.17, 15) is 0 Å². The van der Waals surface area contributed by atoms with Crippen LogP contribution in [0.25, 0.3) is 0 Å². The maximum atomic E-state index is 3.44. The van der Waals surface area contributed by atoms with Gasteiger partial charge in [0.25, 0.3) is 0 Å². The zero-order valence-corrected chi connectivity index (χ0v) is 9.47. The molecule has 2 nitrogen and oxygen atoms in total. The first-order valence-electron chi connectivity index (χ1n) is 3.30. The summed E-state index contributed by atoms with van der Waals surface area (Å²) in [4.78, 5) is 2.45. The lowest BCUT2D eigenvalue weighted by Gasteiger charge is -2.21. The SMILES string of the molecule is Br.Br.CN1C[C@@H]2C[C@H]1CN2. The van der Waals surface area contributed by atoms with Crippen LogP contribution in [0.4, 0.5) is 0 Å². The van der Waals surface area contributed by atoms with E-state index >= 15 is 0 Å². The zero-order chi connectivity index (χ0) is 5.56. The van der Waals surface area contributed by atoms with Crippen molar-refractivity contribution in [1.82, 2.24) is 10.2 Å². The number of hydrogen-bond acceptors (Lipinski definition) is 2. The van der Waals surface area contributed by atoms with Crippen LogP contribution in [0.5, 0.6) is 0 Å². The summed E-state index contributed by atoms with van der Waals surface area (Å²) in [7, 11) is 2.21.